The molecule has 0 aromatic heterocycles. The first-order valence-electron chi connectivity index (χ1n) is 5.23. The van der Waals surface area contributed by atoms with Crippen LogP contribution in [-0.4, -0.2) is 39.3 Å². The van der Waals surface area contributed by atoms with Crippen molar-refractivity contribution in [1.29, 1.82) is 0 Å². The van der Waals surface area contributed by atoms with Crippen LogP contribution >= 0.6 is 0 Å². The van der Waals surface area contributed by atoms with Gasteiger partial charge in [-0.3, -0.25) is 0 Å². The number of hydrogen-bond acceptors (Lipinski definition) is 3. The molecule has 1 saturated heterocycles. The maximum atomic E-state index is 5.52. The summed E-state index contributed by atoms with van der Waals surface area (Å²) in [4.78, 5) is 2.15. The highest BCUT2D eigenvalue weighted by molar-refractivity contribution is 6.62. The number of nitrogens with zero attached hydrogens (tertiary/aromatic N) is 1. The van der Waals surface area contributed by atoms with Gasteiger partial charge in [0, 0.05) is 6.54 Å². The van der Waals surface area contributed by atoms with Gasteiger partial charge in [-0.05, 0) is 25.1 Å². The van der Waals surface area contributed by atoms with E-state index in [1.807, 2.05) is 6.07 Å². The lowest BCUT2D eigenvalue weighted by Crippen LogP contribution is -2.35. The van der Waals surface area contributed by atoms with Gasteiger partial charge >= 0.3 is 7.12 Å². The average Bonchev–Trinajstić information content (AvgIpc) is 2.70. The van der Waals surface area contributed by atoms with Crippen LogP contribution in [0, 0.1) is 0 Å². The van der Waals surface area contributed by atoms with E-state index in [0.29, 0.717) is 13.2 Å². The molecule has 0 unspecified atom stereocenters. The monoisotopic (exact) mass is 205 g/mol. The van der Waals surface area contributed by atoms with Crippen molar-refractivity contribution in [3.63, 3.8) is 0 Å². The quantitative estimate of drug-likeness (QED) is 0.670. The molecule has 0 aliphatic carbocycles. The molecule has 3 nitrogen and oxygen atoms in total. The van der Waals surface area contributed by atoms with Gasteiger partial charge in [0.05, 0.1) is 13.2 Å². The molecule has 80 valence electrons. The Kier molecular flexibility index (Phi) is 3.41. The molecular formula is C11H16BNO2. The topological polar surface area (TPSA) is 21.7 Å². The maximum absolute atomic E-state index is 5.52. The van der Waals surface area contributed by atoms with Crippen molar-refractivity contribution in [2.75, 3.05) is 27.3 Å². The van der Waals surface area contributed by atoms with E-state index in [9.17, 15) is 0 Å². The highest BCUT2D eigenvalue weighted by Crippen LogP contribution is 2.06. The van der Waals surface area contributed by atoms with E-state index >= 15 is 0 Å². The summed E-state index contributed by atoms with van der Waals surface area (Å²) in [6.45, 7) is 2.31. The van der Waals surface area contributed by atoms with Crippen LogP contribution in [0.1, 0.15) is 5.56 Å². The molecule has 0 spiro atoms. The van der Waals surface area contributed by atoms with Gasteiger partial charge < -0.3 is 14.2 Å². The molecule has 1 aliphatic heterocycles. The van der Waals surface area contributed by atoms with Crippen molar-refractivity contribution >= 4 is 12.6 Å². The van der Waals surface area contributed by atoms with E-state index in [2.05, 4.69) is 37.2 Å². The fourth-order valence-electron chi connectivity index (χ4n) is 1.79. The first kappa shape index (κ1) is 10.7. The van der Waals surface area contributed by atoms with Crippen LogP contribution in [0.3, 0.4) is 0 Å². The molecule has 4 heteroatoms. The Morgan fingerprint density at radius 2 is 1.87 bits per heavy atom. The van der Waals surface area contributed by atoms with Gasteiger partial charge in [0.2, 0.25) is 0 Å². The first-order valence-corrected chi connectivity index (χ1v) is 5.23. The van der Waals surface area contributed by atoms with Crippen molar-refractivity contribution in [3.8, 4) is 0 Å². The van der Waals surface area contributed by atoms with Gasteiger partial charge in [-0.25, -0.2) is 0 Å². The van der Waals surface area contributed by atoms with Gasteiger partial charge in [-0.15, -0.1) is 0 Å². The normalized spacial score (nSPS) is 16.3. The lowest BCUT2D eigenvalue weighted by Gasteiger charge is -2.14. The summed E-state index contributed by atoms with van der Waals surface area (Å²) >= 11 is 0. The van der Waals surface area contributed by atoms with E-state index in [0.717, 1.165) is 12.0 Å². The first-order chi connectivity index (χ1) is 7.27. The Labute approximate surface area is 91.1 Å². The number of benzene rings is 1. The van der Waals surface area contributed by atoms with Crippen LogP contribution in [0.5, 0.6) is 0 Å². The molecule has 0 bridgehead atoms. The zero-order valence-electron chi connectivity index (χ0n) is 9.27. The minimum absolute atomic E-state index is 0.166. The van der Waals surface area contributed by atoms with Gasteiger partial charge in [-0.2, -0.15) is 0 Å². The van der Waals surface area contributed by atoms with Crippen molar-refractivity contribution in [1.82, 2.24) is 4.90 Å². The summed E-state index contributed by atoms with van der Waals surface area (Å²) in [6.07, 6.45) is 0. The third kappa shape index (κ3) is 2.59. The van der Waals surface area contributed by atoms with E-state index in [4.69, 9.17) is 9.31 Å². The van der Waals surface area contributed by atoms with E-state index in [1.165, 1.54) is 5.56 Å². The smallest absolute Gasteiger partial charge is 0.405 e. The van der Waals surface area contributed by atoms with Crippen LogP contribution in [0.25, 0.3) is 0 Å². The SMILES string of the molecule is CN(C)Cc1ccccc1B1OCCO1. The highest BCUT2D eigenvalue weighted by atomic mass is 16.6. The van der Waals surface area contributed by atoms with Crippen LogP contribution in [0.15, 0.2) is 24.3 Å². The van der Waals surface area contributed by atoms with Gasteiger partial charge in [0.25, 0.3) is 0 Å². The molecule has 1 fully saturated rings. The molecule has 0 N–H and O–H groups in total. The summed E-state index contributed by atoms with van der Waals surface area (Å²) in [7, 11) is 3.96. The van der Waals surface area contributed by atoms with Gasteiger partial charge in [0.15, 0.2) is 0 Å². The fourth-order valence-corrected chi connectivity index (χ4v) is 1.79. The summed E-state index contributed by atoms with van der Waals surface area (Å²) in [5.41, 5.74) is 2.43. The van der Waals surface area contributed by atoms with Crippen LogP contribution in [0.2, 0.25) is 0 Å². The zero-order chi connectivity index (χ0) is 10.7. The second-order valence-electron chi connectivity index (χ2n) is 4.01. The van der Waals surface area contributed by atoms with Crippen LogP contribution in [-0.2, 0) is 15.9 Å². The lowest BCUT2D eigenvalue weighted by atomic mass is 9.76. The predicted octanol–water partition coefficient (Wildman–Crippen LogP) is 0.490. The Morgan fingerprint density at radius 3 is 2.53 bits per heavy atom. The van der Waals surface area contributed by atoms with E-state index in [-0.39, 0.29) is 7.12 Å². The third-order valence-corrected chi connectivity index (χ3v) is 2.42. The summed E-state index contributed by atoms with van der Waals surface area (Å²) < 4.78 is 11.0. The van der Waals surface area contributed by atoms with Gasteiger partial charge in [0.1, 0.15) is 0 Å². The second kappa shape index (κ2) is 4.79. The molecule has 0 atom stereocenters. The number of hydrogen-bond donors (Lipinski definition) is 0. The summed E-state index contributed by atoms with van der Waals surface area (Å²) in [6, 6.07) is 8.28. The predicted molar refractivity (Wildman–Crippen MR) is 61.1 cm³/mol. The Hall–Kier alpha value is -0.835. The van der Waals surface area contributed by atoms with Crippen molar-refractivity contribution in [2.45, 2.75) is 6.54 Å². The largest absolute Gasteiger partial charge is 0.494 e. The van der Waals surface area contributed by atoms with E-state index < -0.39 is 0 Å². The highest BCUT2D eigenvalue weighted by Gasteiger charge is 2.28. The van der Waals surface area contributed by atoms with Crippen LogP contribution in [0.4, 0.5) is 0 Å². The summed E-state index contributed by atoms with van der Waals surface area (Å²) in [5, 5.41) is 0. The molecule has 1 aromatic rings. The Morgan fingerprint density at radius 1 is 1.20 bits per heavy atom. The molecule has 0 radical (unpaired) electrons. The van der Waals surface area contributed by atoms with Crippen LogP contribution < -0.4 is 5.46 Å². The molecule has 1 aromatic carbocycles. The molecule has 1 heterocycles. The minimum atomic E-state index is -0.166. The Balaban J connectivity index is 2.20. The molecule has 0 amide bonds. The molecule has 0 saturated carbocycles. The van der Waals surface area contributed by atoms with Crippen molar-refractivity contribution in [2.24, 2.45) is 0 Å². The molecular weight excluding hydrogens is 189 g/mol. The second-order valence-corrected chi connectivity index (χ2v) is 4.01. The molecule has 15 heavy (non-hydrogen) atoms. The lowest BCUT2D eigenvalue weighted by molar-refractivity contribution is 0.365. The maximum Gasteiger partial charge on any atom is 0.494 e. The average molecular weight is 205 g/mol. The standard InChI is InChI=1S/C11H16BNO2/c1-13(2)9-10-5-3-4-6-11(10)12-14-7-8-15-12/h3-6H,7-9H2,1-2H3. The third-order valence-electron chi connectivity index (χ3n) is 2.42. The number of rotatable bonds is 3. The molecule has 1 aliphatic rings. The van der Waals surface area contributed by atoms with Crippen molar-refractivity contribution in [3.05, 3.63) is 29.8 Å². The molecule has 2 rings (SSSR count). The zero-order valence-corrected chi connectivity index (χ0v) is 9.27. The van der Waals surface area contributed by atoms with Crippen molar-refractivity contribution < 1.29 is 9.31 Å². The summed E-state index contributed by atoms with van der Waals surface area (Å²) in [5.74, 6) is 0. The minimum Gasteiger partial charge on any atom is -0.405 e. The Bertz CT molecular complexity index is 324. The fraction of sp³-hybridized carbons (Fsp3) is 0.455. The van der Waals surface area contributed by atoms with E-state index in [1.54, 1.807) is 0 Å². The van der Waals surface area contributed by atoms with Gasteiger partial charge in [-0.1, -0.05) is 24.3 Å².